The third-order valence-corrected chi connectivity index (χ3v) is 6.61. The predicted octanol–water partition coefficient (Wildman–Crippen LogP) is 3.04. The summed E-state index contributed by atoms with van der Waals surface area (Å²) in [6.07, 6.45) is 6.75. The van der Waals surface area contributed by atoms with E-state index < -0.39 is 12.5 Å². The molecule has 0 spiro atoms. The van der Waals surface area contributed by atoms with E-state index in [1.54, 1.807) is 4.90 Å². The van der Waals surface area contributed by atoms with Gasteiger partial charge in [0.2, 0.25) is 5.91 Å². The van der Waals surface area contributed by atoms with Crippen molar-refractivity contribution in [3.63, 3.8) is 0 Å². The molecule has 0 saturated carbocycles. The summed E-state index contributed by atoms with van der Waals surface area (Å²) in [5.74, 6) is -1.44. The molecule has 6 nitrogen and oxygen atoms in total. The van der Waals surface area contributed by atoms with Crippen molar-refractivity contribution in [2.75, 3.05) is 18.8 Å². The van der Waals surface area contributed by atoms with Gasteiger partial charge in [-0.3, -0.25) is 24.2 Å². The molecule has 2 aliphatic heterocycles. The lowest BCUT2D eigenvalue weighted by Gasteiger charge is -2.16. The number of unbranched alkanes of at least 4 members (excludes halogenated alkanes) is 5. The average molecular weight is 403 g/mol. The minimum atomic E-state index is -1.10. The Bertz CT molecular complexity index is 606. The summed E-state index contributed by atoms with van der Waals surface area (Å²) >= 11 is 7.68. The molecule has 2 saturated heterocycles. The molecule has 1 N–H and O–H groups in total. The third-order valence-electron chi connectivity index (χ3n) is 3.95. The number of amides is 2. The SMILES string of the molecule is CCCCCCCCN1C(=O)C(=C2SCC(=O)N2CC(=O)O)SC1=S. The maximum Gasteiger partial charge on any atom is 0.323 e. The molecule has 2 amide bonds. The van der Waals surface area contributed by atoms with E-state index in [0.717, 1.165) is 31.0 Å². The maximum atomic E-state index is 12.7. The van der Waals surface area contributed by atoms with Crippen molar-refractivity contribution in [3.05, 3.63) is 9.93 Å². The van der Waals surface area contributed by atoms with Crippen molar-refractivity contribution in [1.82, 2.24) is 9.80 Å². The number of carboxylic acid groups (broad SMARTS) is 1. The second-order valence-corrected chi connectivity index (χ2v) is 8.50. The molecule has 25 heavy (non-hydrogen) atoms. The molecule has 0 aromatic heterocycles. The van der Waals surface area contributed by atoms with Gasteiger partial charge in [0.05, 0.1) is 10.8 Å². The van der Waals surface area contributed by atoms with Crippen molar-refractivity contribution >= 4 is 57.8 Å². The van der Waals surface area contributed by atoms with Crippen LogP contribution in [-0.4, -0.2) is 55.9 Å². The predicted molar refractivity (Wildman–Crippen MR) is 104 cm³/mol. The molecule has 138 valence electrons. The van der Waals surface area contributed by atoms with Crippen LogP contribution in [-0.2, 0) is 14.4 Å². The van der Waals surface area contributed by atoms with Crippen molar-refractivity contribution in [2.45, 2.75) is 45.4 Å². The summed E-state index contributed by atoms with van der Waals surface area (Å²) < 4.78 is 0.483. The summed E-state index contributed by atoms with van der Waals surface area (Å²) in [7, 11) is 0. The van der Waals surface area contributed by atoms with Crippen LogP contribution in [0.4, 0.5) is 0 Å². The van der Waals surface area contributed by atoms with Crippen LogP contribution in [0.25, 0.3) is 0 Å². The number of aliphatic carboxylic acids is 1. The van der Waals surface area contributed by atoms with Crippen LogP contribution in [0.2, 0.25) is 0 Å². The van der Waals surface area contributed by atoms with E-state index in [4.69, 9.17) is 17.3 Å². The monoisotopic (exact) mass is 402 g/mol. The lowest BCUT2D eigenvalue weighted by molar-refractivity contribution is -0.141. The van der Waals surface area contributed by atoms with Crippen LogP contribution < -0.4 is 0 Å². The molecule has 0 atom stereocenters. The van der Waals surface area contributed by atoms with Gasteiger partial charge in [-0.05, 0) is 6.42 Å². The summed E-state index contributed by atoms with van der Waals surface area (Å²) in [5.41, 5.74) is 0. The molecule has 0 aromatic carbocycles. The van der Waals surface area contributed by atoms with Gasteiger partial charge in [-0.2, -0.15) is 0 Å². The van der Waals surface area contributed by atoms with Crippen LogP contribution in [0.1, 0.15) is 45.4 Å². The Labute approximate surface area is 161 Å². The molecule has 0 bridgehead atoms. The molecule has 0 unspecified atom stereocenters. The molecule has 0 radical (unpaired) electrons. The minimum absolute atomic E-state index is 0.157. The quantitative estimate of drug-likeness (QED) is 0.361. The Morgan fingerprint density at radius 2 is 1.84 bits per heavy atom. The third kappa shape index (κ3) is 5.21. The fourth-order valence-electron chi connectivity index (χ4n) is 2.65. The zero-order valence-electron chi connectivity index (χ0n) is 14.2. The van der Waals surface area contributed by atoms with E-state index in [1.807, 2.05) is 0 Å². The standard InChI is InChI=1S/C16H22N2O4S3/c1-2-3-4-5-6-7-8-17-14(22)13(25-16(17)23)15-18(9-12(20)21)11(19)10-24-15/h2-10H2,1H3,(H,20,21). The number of thioether (sulfide) groups is 2. The molecular formula is C16H22N2O4S3. The van der Waals surface area contributed by atoms with E-state index >= 15 is 0 Å². The fraction of sp³-hybridized carbons (Fsp3) is 0.625. The Kier molecular flexibility index (Phi) is 7.77. The highest BCUT2D eigenvalue weighted by Gasteiger charge is 2.39. The summed E-state index contributed by atoms with van der Waals surface area (Å²) in [6, 6.07) is 0. The second-order valence-electron chi connectivity index (χ2n) is 5.89. The van der Waals surface area contributed by atoms with Crippen LogP contribution in [0.3, 0.4) is 0 Å². The van der Waals surface area contributed by atoms with Gasteiger partial charge in [-0.1, -0.05) is 74.8 Å². The van der Waals surface area contributed by atoms with Crippen molar-refractivity contribution in [2.24, 2.45) is 0 Å². The molecule has 0 aromatic rings. The number of nitrogens with zero attached hydrogens (tertiary/aromatic N) is 2. The molecule has 9 heteroatoms. The van der Waals surface area contributed by atoms with Crippen LogP contribution in [0.15, 0.2) is 9.93 Å². The van der Waals surface area contributed by atoms with Gasteiger partial charge in [-0.25, -0.2) is 0 Å². The Morgan fingerprint density at radius 3 is 2.52 bits per heavy atom. The van der Waals surface area contributed by atoms with E-state index in [2.05, 4.69) is 6.92 Å². The molecule has 2 heterocycles. The summed E-state index contributed by atoms with van der Waals surface area (Å²) in [4.78, 5) is 38.6. The van der Waals surface area contributed by atoms with E-state index in [0.29, 0.717) is 20.8 Å². The Balaban J connectivity index is 1.99. The Hall–Kier alpha value is -1.06. The van der Waals surface area contributed by atoms with Crippen molar-refractivity contribution < 1.29 is 19.5 Å². The highest BCUT2D eigenvalue weighted by molar-refractivity contribution is 8.27. The van der Waals surface area contributed by atoms with Gasteiger partial charge in [-0.15, -0.1) is 0 Å². The lowest BCUT2D eigenvalue weighted by atomic mass is 10.1. The Morgan fingerprint density at radius 1 is 1.16 bits per heavy atom. The van der Waals surface area contributed by atoms with E-state index in [1.165, 1.54) is 35.9 Å². The van der Waals surface area contributed by atoms with Gasteiger partial charge in [0.15, 0.2) is 0 Å². The number of thiocarbonyl (C=S) groups is 1. The summed E-state index contributed by atoms with van der Waals surface area (Å²) in [6.45, 7) is 2.32. The number of carbonyl (C=O) groups is 3. The molecule has 0 aliphatic carbocycles. The lowest BCUT2D eigenvalue weighted by Crippen LogP contribution is -2.32. The molecule has 2 aliphatic rings. The normalized spacial score (nSPS) is 20.9. The first-order chi connectivity index (χ1) is 12.0. The fourth-order valence-corrected chi connectivity index (χ4v) is 5.19. The van der Waals surface area contributed by atoms with Crippen molar-refractivity contribution in [3.8, 4) is 0 Å². The average Bonchev–Trinajstić information content (AvgIpc) is 3.04. The second kappa shape index (κ2) is 9.59. The van der Waals surface area contributed by atoms with Gasteiger partial charge in [0.1, 0.15) is 15.8 Å². The van der Waals surface area contributed by atoms with Gasteiger partial charge < -0.3 is 5.11 Å². The van der Waals surface area contributed by atoms with Gasteiger partial charge in [0.25, 0.3) is 5.91 Å². The number of rotatable bonds is 9. The number of hydrogen-bond donors (Lipinski definition) is 1. The van der Waals surface area contributed by atoms with Crippen LogP contribution in [0.5, 0.6) is 0 Å². The molecular weight excluding hydrogens is 380 g/mol. The van der Waals surface area contributed by atoms with Crippen molar-refractivity contribution in [1.29, 1.82) is 0 Å². The van der Waals surface area contributed by atoms with E-state index in [-0.39, 0.29) is 17.6 Å². The molecule has 2 rings (SSSR count). The largest absolute Gasteiger partial charge is 0.480 e. The highest BCUT2D eigenvalue weighted by atomic mass is 32.2. The number of carbonyl (C=O) groups excluding carboxylic acids is 2. The van der Waals surface area contributed by atoms with Crippen LogP contribution >= 0.6 is 35.7 Å². The smallest absolute Gasteiger partial charge is 0.323 e. The van der Waals surface area contributed by atoms with E-state index in [9.17, 15) is 14.4 Å². The van der Waals surface area contributed by atoms with Gasteiger partial charge in [0, 0.05) is 6.54 Å². The zero-order chi connectivity index (χ0) is 18.4. The first-order valence-electron chi connectivity index (χ1n) is 8.38. The van der Waals surface area contributed by atoms with Gasteiger partial charge >= 0.3 is 5.97 Å². The number of carboxylic acids is 1. The topological polar surface area (TPSA) is 77.9 Å². The molecule has 2 fully saturated rings. The van der Waals surface area contributed by atoms with Crippen LogP contribution in [0, 0.1) is 0 Å². The number of hydrogen-bond acceptors (Lipinski definition) is 6. The summed E-state index contributed by atoms with van der Waals surface area (Å²) in [5, 5.41) is 9.40. The maximum absolute atomic E-state index is 12.7. The highest BCUT2D eigenvalue weighted by Crippen LogP contribution is 2.41. The zero-order valence-corrected chi connectivity index (χ0v) is 16.6. The minimum Gasteiger partial charge on any atom is -0.480 e. The first-order valence-corrected chi connectivity index (χ1v) is 10.6. The first kappa shape index (κ1) is 20.3.